The minimum atomic E-state index is -0.154. The van der Waals surface area contributed by atoms with Crippen molar-refractivity contribution in [3.8, 4) is 11.5 Å². The predicted octanol–water partition coefficient (Wildman–Crippen LogP) is 2.77. The maximum absolute atomic E-state index is 11.8. The summed E-state index contributed by atoms with van der Waals surface area (Å²) in [6.45, 7) is 1.91. The summed E-state index contributed by atoms with van der Waals surface area (Å²) in [5.41, 5.74) is 5.16. The summed E-state index contributed by atoms with van der Waals surface area (Å²) >= 11 is 1.57. The minimum absolute atomic E-state index is 0.154. The summed E-state index contributed by atoms with van der Waals surface area (Å²) < 4.78 is 10.6. The monoisotopic (exact) mass is 318 g/mol. The van der Waals surface area contributed by atoms with Crippen molar-refractivity contribution in [1.29, 1.82) is 0 Å². The summed E-state index contributed by atoms with van der Waals surface area (Å²) in [6, 6.07) is 5.59. The quantitative estimate of drug-likeness (QED) is 0.658. The molecule has 5 nitrogen and oxygen atoms in total. The molecule has 1 N–H and O–H groups in total. The van der Waals surface area contributed by atoms with Gasteiger partial charge in [-0.2, -0.15) is 16.4 Å². The first-order chi connectivity index (χ1) is 10.7. The highest BCUT2D eigenvalue weighted by atomic mass is 32.1. The molecule has 0 unspecified atom stereocenters. The fourth-order valence-corrected chi connectivity index (χ4v) is 2.75. The summed E-state index contributed by atoms with van der Waals surface area (Å²) in [4.78, 5) is 11.8. The maximum atomic E-state index is 11.8. The number of carbonyl (C=O) groups excluding carboxylic acids is 1. The Morgan fingerprint density at radius 1 is 1.32 bits per heavy atom. The fourth-order valence-electron chi connectivity index (χ4n) is 2.08. The Bertz CT molecular complexity index is 666. The molecule has 0 fully saturated rings. The van der Waals surface area contributed by atoms with Gasteiger partial charge in [-0.3, -0.25) is 4.79 Å². The Morgan fingerprint density at radius 2 is 2.14 bits per heavy atom. The summed E-state index contributed by atoms with van der Waals surface area (Å²) in [5, 5.41) is 7.87. The third-order valence-corrected chi connectivity index (χ3v) is 3.88. The van der Waals surface area contributed by atoms with Gasteiger partial charge in [0.25, 0.3) is 0 Å². The van der Waals surface area contributed by atoms with Crippen molar-refractivity contribution in [2.75, 3.05) is 14.2 Å². The van der Waals surface area contributed by atoms with Gasteiger partial charge in [-0.1, -0.05) is 0 Å². The van der Waals surface area contributed by atoms with E-state index < -0.39 is 0 Å². The molecule has 1 heterocycles. The van der Waals surface area contributed by atoms with Crippen molar-refractivity contribution >= 4 is 23.5 Å². The number of carbonyl (C=O) groups is 1. The van der Waals surface area contributed by atoms with Crippen molar-refractivity contribution in [2.24, 2.45) is 5.10 Å². The van der Waals surface area contributed by atoms with Crippen LogP contribution in [0.2, 0.25) is 0 Å². The number of nitrogens with one attached hydrogen (secondary N) is 1. The average molecular weight is 318 g/mol. The third-order valence-electron chi connectivity index (χ3n) is 3.15. The van der Waals surface area contributed by atoms with Crippen molar-refractivity contribution in [2.45, 2.75) is 13.3 Å². The van der Waals surface area contributed by atoms with Gasteiger partial charge in [-0.25, -0.2) is 5.43 Å². The first kappa shape index (κ1) is 16.0. The Kier molecular flexibility index (Phi) is 5.55. The van der Waals surface area contributed by atoms with E-state index in [1.165, 1.54) is 0 Å². The van der Waals surface area contributed by atoms with Crippen molar-refractivity contribution in [3.05, 3.63) is 45.6 Å². The molecule has 0 saturated heterocycles. The third kappa shape index (κ3) is 3.85. The smallest absolute Gasteiger partial charge is 0.244 e. The van der Waals surface area contributed by atoms with Gasteiger partial charge in [0.05, 0.1) is 26.9 Å². The largest absolute Gasteiger partial charge is 0.496 e. The number of nitrogens with zero attached hydrogens (tertiary/aromatic N) is 1. The Labute approximate surface area is 133 Å². The summed E-state index contributed by atoms with van der Waals surface area (Å²) in [7, 11) is 3.20. The van der Waals surface area contributed by atoms with Gasteiger partial charge in [-0.05, 0) is 41.4 Å². The number of amides is 1. The molecular formula is C16H18N2O3S. The van der Waals surface area contributed by atoms with E-state index >= 15 is 0 Å². The van der Waals surface area contributed by atoms with Crippen LogP contribution in [-0.4, -0.2) is 26.3 Å². The molecule has 1 aromatic heterocycles. The van der Waals surface area contributed by atoms with Gasteiger partial charge in [0.1, 0.15) is 11.5 Å². The molecule has 0 saturated carbocycles. The predicted molar refractivity (Wildman–Crippen MR) is 88.0 cm³/mol. The van der Waals surface area contributed by atoms with Gasteiger partial charge in [0, 0.05) is 11.1 Å². The van der Waals surface area contributed by atoms with Crippen LogP contribution < -0.4 is 14.9 Å². The van der Waals surface area contributed by atoms with Gasteiger partial charge in [0.15, 0.2) is 0 Å². The number of hydrazone groups is 1. The average Bonchev–Trinajstić information content (AvgIpc) is 3.00. The van der Waals surface area contributed by atoms with Gasteiger partial charge in [0.2, 0.25) is 5.91 Å². The standard InChI is InChI=1S/C16H18N2O3S/c1-11-14(20-2)5-4-13(16(11)21-3)9-17-18-15(19)8-12-6-7-22-10-12/h4-7,9-10H,8H2,1-3H3,(H,18,19)/b17-9+. The van der Waals surface area contributed by atoms with Gasteiger partial charge >= 0.3 is 0 Å². The molecule has 6 heteroatoms. The lowest BCUT2D eigenvalue weighted by Crippen LogP contribution is -2.19. The lowest BCUT2D eigenvalue weighted by molar-refractivity contribution is -0.120. The van der Waals surface area contributed by atoms with Crippen LogP contribution in [-0.2, 0) is 11.2 Å². The molecule has 116 valence electrons. The normalized spacial score (nSPS) is 10.7. The molecular weight excluding hydrogens is 300 g/mol. The molecule has 2 aromatic rings. The van der Waals surface area contributed by atoms with Gasteiger partial charge < -0.3 is 9.47 Å². The van der Waals surface area contributed by atoms with E-state index in [0.29, 0.717) is 12.2 Å². The molecule has 2 rings (SSSR count). The summed E-state index contributed by atoms with van der Waals surface area (Å²) in [6.07, 6.45) is 1.89. The van der Waals surface area contributed by atoms with Crippen molar-refractivity contribution in [1.82, 2.24) is 5.43 Å². The molecule has 0 spiro atoms. The second-order valence-corrected chi connectivity index (χ2v) is 5.40. The summed E-state index contributed by atoms with van der Waals surface area (Å²) in [5.74, 6) is 1.27. The van der Waals surface area contributed by atoms with E-state index in [1.54, 1.807) is 31.8 Å². The molecule has 0 aliphatic rings. The zero-order chi connectivity index (χ0) is 15.9. The highest BCUT2D eigenvalue weighted by molar-refractivity contribution is 7.07. The van der Waals surface area contributed by atoms with Crippen LogP contribution >= 0.6 is 11.3 Å². The Balaban J connectivity index is 2.03. The minimum Gasteiger partial charge on any atom is -0.496 e. The SMILES string of the molecule is COc1ccc(/C=N/NC(=O)Cc2ccsc2)c(OC)c1C. The van der Waals surface area contributed by atoms with Crippen LogP contribution in [0.3, 0.4) is 0 Å². The van der Waals surface area contributed by atoms with Crippen LogP contribution in [0.4, 0.5) is 0 Å². The molecule has 0 atom stereocenters. The lowest BCUT2D eigenvalue weighted by Gasteiger charge is -2.11. The second kappa shape index (κ2) is 7.61. The van der Waals surface area contributed by atoms with Crippen LogP contribution in [0.5, 0.6) is 11.5 Å². The van der Waals surface area contributed by atoms with Crippen LogP contribution in [0, 0.1) is 6.92 Å². The van der Waals surface area contributed by atoms with E-state index in [-0.39, 0.29) is 5.91 Å². The van der Waals surface area contributed by atoms with E-state index in [2.05, 4.69) is 10.5 Å². The number of ether oxygens (including phenoxy) is 2. The van der Waals surface area contributed by atoms with Crippen LogP contribution in [0.25, 0.3) is 0 Å². The highest BCUT2D eigenvalue weighted by Gasteiger charge is 2.09. The Morgan fingerprint density at radius 3 is 2.77 bits per heavy atom. The highest BCUT2D eigenvalue weighted by Crippen LogP contribution is 2.30. The number of hydrogen-bond acceptors (Lipinski definition) is 5. The Hall–Kier alpha value is -2.34. The topological polar surface area (TPSA) is 59.9 Å². The van der Waals surface area contributed by atoms with E-state index in [9.17, 15) is 4.79 Å². The van der Waals surface area contributed by atoms with Crippen molar-refractivity contribution < 1.29 is 14.3 Å². The fraction of sp³-hybridized carbons (Fsp3) is 0.250. The zero-order valence-corrected chi connectivity index (χ0v) is 13.6. The van der Waals surface area contributed by atoms with Crippen LogP contribution in [0.1, 0.15) is 16.7 Å². The molecule has 0 aliphatic carbocycles. The first-order valence-corrected chi connectivity index (χ1v) is 7.64. The molecule has 1 amide bonds. The lowest BCUT2D eigenvalue weighted by atomic mass is 10.1. The number of hydrogen-bond donors (Lipinski definition) is 1. The van der Waals surface area contributed by atoms with E-state index in [0.717, 1.165) is 22.4 Å². The van der Waals surface area contributed by atoms with Crippen molar-refractivity contribution in [3.63, 3.8) is 0 Å². The first-order valence-electron chi connectivity index (χ1n) is 6.70. The molecule has 22 heavy (non-hydrogen) atoms. The molecule has 0 radical (unpaired) electrons. The van der Waals surface area contributed by atoms with Crippen LogP contribution in [0.15, 0.2) is 34.1 Å². The number of benzene rings is 1. The molecule has 0 aliphatic heterocycles. The second-order valence-electron chi connectivity index (χ2n) is 4.62. The van der Waals surface area contributed by atoms with Gasteiger partial charge in [-0.15, -0.1) is 0 Å². The maximum Gasteiger partial charge on any atom is 0.244 e. The molecule has 0 bridgehead atoms. The van der Waals surface area contributed by atoms with E-state index in [4.69, 9.17) is 9.47 Å². The number of methoxy groups -OCH3 is 2. The zero-order valence-electron chi connectivity index (χ0n) is 12.8. The van der Waals surface area contributed by atoms with E-state index in [1.807, 2.05) is 35.9 Å². The molecule has 1 aromatic carbocycles. The number of rotatable bonds is 6. The number of thiophene rings is 1.